The first-order valence-corrected chi connectivity index (χ1v) is 5.71. The molecule has 0 aromatic rings. The van der Waals surface area contributed by atoms with E-state index in [-0.39, 0.29) is 0 Å². The van der Waals surface area contributed by atoms with Crippen LogP contribution in [-0.2, 0) is 9.47 Å². The number of nitriles is 1. The fourth-order valence-corrected chi connectivity index (χ4v) is 2.36. The lowest BCUT2D eigenvalue weighted by Gasteiger charge is -2.27. The monoisotopic (exact) mass is 232 g/mol. The third-order valence-electron chi connectivity index (χ3n) is 3.25. The summed E-state index contributed by atoms with van der Waals surface area (Å²) < 4.78 is 10.7. The van der Waals surface area contributed by atoms with Gasteiger partial charge in [0, 0.05) is 19.4 Å². The van der Waals surface area contributed by atoms with E-state index >= 15 is 0 Å². The standard InChI is InChI=1S/C13H16N2O2/c1-16-12-7-9-4-6-15-11(3-5-14)10(9)8-13(12)17-2/h3-4,6-8H2,1-2H3. The fourth-order valence-electron chi connectivity index (χ4n) is 2.36. The highest BCUT2D eigenvalue weighted by Crippen LogP contribution is 2.35. The van der Waals surface area contributed by atoms with Crippen molar-refractivity contribution >= 4 is 5.71 Å². The van der Waals surface area contributed by atoms with E-state index in [2.05, 4.69) is 11.1 Å². The Morgan fingerprint density at radius 3 is 2.59 bits per heavy atom. The van der Waals surface area contributed by atoms with Crippen molar-refractivity contribution in [3.8, 4) is 6.07 Å². The maximum Gasteiger partial charge on any atom is 0.138 e. The van der Waals surface area contributed by atoms with Gasteiger partial charge in [0.25, 0.3) is 0 Å². The molecule has 0 spiro atoms. The van der Waals surface area contributed by atoms with Crippen LogP contribution >= 0.6 is 0 Å². The van der Waals surface area contributed by atoms with Crippen LogP contribution in [0, 0.1) is 11.3 Å². The summed E-state index contributed by atoms with van der Waals surface area (Å²) in [5.41, 5.74) is 3.47. The summed E-state index contributed by atoms with van der Waals surface area (Å²) in [5.74, 6) is 1.77. The van der Waals surface area contributed by atoms with Gasteiger partial charge in [0.15, 0.2) is 0 Å². The van der Waals surface area contributed by atoms with Crippen molar-refractivity contribution < 1.29 is 9.47 Å². The van der Waals surface area contributed by atoms with E-state index in [1.807, 2.05) is 0 Å². The second kappa shape index (κ2) is 5.05. The highest BCUT2D eigenvalue weighted by Gasteiger charge is 2.26. The Bertz CT molecular complexity index is 453. The molecule has 1 aliphatic carbocycles. The molecular formula is C13H16N2O2. The van der Waals surface area contributed by atoms with Crippen LogP contribution in [0.5, 0.6) is 0 Å². The molecule has 0 bridgehead atoms. The molecule has 2 rings (SSSR count). The van der Waals surface area contributed by atoms with Gasteiger partial charge in [-0.3, -0.25) is 4.99 Å². The number of hydrogen-bond acceptors (Lipinski definition) is 4. The van der Waals surface area contributed by atoms with Gasteiger partial charge in [-0.05, 0) is 12.0 Å². The molecule has 4 heteroatoms. The summed E-state index contributed by atoms with van der Waals surface area (Å²) in [4.78, 5) is 4.44. The molecule has 1 aliphatic heterocycles. The van der Waals surface area contributed by atoms with Crippen LogP contribution in [0.1, 0.15) is 25.7 Å². The van der Waals surface area contributed by atoms with E-state index < -0.39 is 0 Å². The largest absolute Gasteiger partial charge is 0.497 e. The lowest BCUT2D eigenvalue weighted by Crippen LogP contribution is -2.18. The van der Waals surface area contributed by atoms with E-state index in [9.17, 15) is 0 Å². The number of allylic oxidation sites excluding steroid dienone is 2. The van der Waals surface area contributed by atoms with Crippen molar-refractivity contribution in [1.82, 2.24) is 0 Å². The van der Waals surface area contributed by atoms with Gasteiger partial charge in [0.1, 0.15) is 11.5 Å². The highest BCUT2D eigenvalue weighted by atomic mass is 16.5. The van der Waals surface area contributed by atoms with Crippen LogP contribution in [0.2, 0.25) is 0 Å². The Morgan fingerprint density at radius 1 is 1.24 bits per heavy atom. The molecular weight excluding hydrogens is 216 g/mol. The van der Waals surface area contributed by atoms with Crippen molar-refractivity contribution in [2.75, 3.05) is 20.8 Å². The average molecular weight is 232 g/mol. The van der Waals surface area contributed by atoms with Crippen molar-refractivity contribution in [3.63, 3.8) is 0 Å². The molecule has 17 heavy (non-hydrogen) atoms. The normalized spacial score (nSPS) is 19.5. The average Bonchev–Trinajstić information content (AvgIpc) is 2.38. The minimum absolute atomic E-state index is 0.387. The highest BCUT2D eigenvalue weighted by molar-refractivity contribution is 6.03. The molecule has 0 atom stereocenters. The predicted molar refractivity (Wildman–Crippen MR) is 64.5 cm³/mol. The van der Waals surface area contributed by atoms with Crippen LogP contribution in [0.4, 0.5) is 0 Å². The zero-order chi connectivity index (χ0) is 12.3. The Balaban J connectivity index is 2.27. The topological polar surface area (TPSA) is 54.6 Å². The van der Waals surface area contributed by atoms with Crippen molar-refractivity contribution in [2.24, 2.45) is 4.99 Å². The smallest absolute Gasteiger partial charge is 0.138 e. The maximum absolute atomic E-state index is 8.81. The van der Waals surface area contributed by atoms with Gasteiger partial charge in [0.2, 0.25) is 0 Å². The summed E-state index contributed by atoms with van der Waals surface area (Å²) in [6.45, 7) is 0.787. The van der Waals surface area contributed by atoms with Crippen LogP contribution in [-0.4, -0.2) is 26.5 Å². The molecule has 0 aromatic heterocycles. The summed E-state index contributed by atoms with van der Waals surface area (Å²) >= 11 is 0. The fraction of sp³-hybridized carbons (Fsp3) is 0.538. The molecule has 0 saturated heterocycles. The van der Waals surface area contributed by atoms with E-state index in [1.54, 1.807) is 14.2 Å². The van der Waals surface area contributed by atoms with E-state index in [4.69, 9.17) is 14.7 Å². The lowest BCUT2D eigenvalue weighted by atomic mass is 9.86. The first-order valence-electron chi connectivity index (χ1n) is 5.71. The number of rotatable bonds is 3. The summed E-state index contributed by atoms with van der Waals surface area (Å²) in [5, 5.41) is 8.81. The van der Waals surface area contributed by atoms with Gasteiger partial charge in [-0.2, -0.15) is 5.26 Å². The molecule has 90 valence electrons. The SMILES string of the molecule is COC1=C(OC)CC2=C(CCN=C2CC#N)C1. The zero-order valence-electron chi connectivity index (χ0n) is 10.2. The number of aliphatic imine (C=N–C) groups is 1. The molecule has 0 unspecified atom stereocenters. The van der Waals surface area contributed by atoms with E-state index in [0.29, 0.717) is 12.8 Å². The van der Waals surface area contributed by atoms with Crippen LogP contribution in [0.25, 0.3) is 0 Å². The van der Waals surface area contributed by atoms with E-state index in [1.165, 1.54) is 11.1 Å². The van der Waals surface area contributed by atoms with Crippen LogP contribution in [0.15, 0.2) is 27.7 Å². The van der Waals surface area contributed by atoms with Crippen molar-refractivity contribution in [1.29, 1.82) is 5.26 Å². The molecule has 0 saturated carbocycles. The predicted octanol–water partition coefficient (Wildman–Crippen LogP) is 2.34. The minimum Gasteiger partial charge on any atom is -0.497 e. The number of dihydropyridines is 1. The van der Waals surface area contributed by atoms with Gasteiger partial charge < -0.3 is 9.47 Å². The second-order valence-electron chi connectivity index (χ2n) is 4.10. The summed E-state index contributed by atoms with van der Waals surface area (Å²) in [6, 6.07) is 2.18. The molecule has 0 amide bonds. The Hall–Kier alpha value is -1.76. The number of methoxy groups -OCH3 is 2. The van der Waals surface area contributed by atoms with Crippen LogP contribution in [0.3, 0.4) is 0 Å². The molecule has 0 radical (unpaired) electrons. The summed E-state index contributed by atoms with van der Waals surface area (Å²) in [7, 11) is 3.33. The van der Waals surface area contributed by atoms with Crippen molar-refractivity contribution in [3.05, 3.63) is 22.7 Å². The zero-order valence-corrected chi connectivity index (χ0v) is 10.2. The molecule has 0 aromatic carbocycles. The van der Waals surface area contributed by atoms with Crippen molar-refractivity contribution in [2.45, 2.75) is 25.7 Å². The molecule has 4 nitrogen and oxygen atoms in total. The molecule has 0 N–H and O–H groups in total. The number of ether oxygens (including phenoxy) is 2. The quantitative estimate of drug-likeness (QED) is 0.750. The number of hydrogen-bond donors (Lipinski definition) is 0. The third-order valence-corrected chi connectivity index (χ3v) is 3.25. The lowest BCUT2D eigenvalue weighted by molar-refractivity contribution is 0.206. The minimum atomic E-state index is 0.387. The maximum atomic E-state index is 8.81. The molecule has 1 heterocycles. The summed E-state index contributed by atoms with van der Waals surface area (Å²) in [6.07, 6.45) is 2.85. The van der Waals surface area contributed by atoms with Gasteiger partial charge in [0.05, 0.1) is 32.4 Å². The second-order valence-corrected chi connectivity index (χ2v) is 4.10. The molecule has 2 aliphatic rings. The van der Waals surface area contributed by atoms with Gasteiger partial charge in [-0.1, -0.05) is 5.57 Å². The Labute approximate surface area is 101 Å². The van der Waals surface area contributed by atoms with Gasteiger partial charge in [-0.25, -0.2) is 0 Å². The van der Waals surface area contributed by atoms with Gasteiger partial charge in [-0.15, -0.1) is 0 Å². The first-order chi connectivity index (χ1) is 8.30. The first kappa shape index (κ1) is 11.7. The Kier molecular flexibility index (Phi) is 3.48. The third kappa shape index (κ3) is 2.19. The van der Waals surface area contributed by atoms with Gasteiger partial charge >= 0.3 is 0 Å². The van der Waals surface area contributed by atoms with E-state index in [0.717, 1.165) is 36.6 Å². The molecule has 0 fully saturated rings. The number of nitrogens with zero attached hydrogens (tertiary/aromatic N) is 2. The Morgan fingerprint density at radius 2 is 1.94 bits per heavy atom. The van der Waals surface area contributed by atoms with Crippen LogP contribution < -0.4 is 0 Å².